The van der Waals surface area contributed by atoms with Gasteiger partial charge < -0.3 is 0 Å². The fraction of sp³-hybridized carbons (Fsp3) is 0.0833. The summed E-state index contributed by atoms with van der Waals surface area (Å²) in [6, 6.07) is 23.6. The van der Waals surface area contributed by atoms with Crippen molar-refractivity contribution in [3.63, 3.8) is 0 Å². The third kappa shape index (κ3) is 3.44. The van der Waals surface area contributed by atoms with Crippen LogP contribution in [0.5, 0.6) is 0 Å². The standard InChI is InChI=1S/C24H20N2O/c1-17-14-18(2)16-20(15-17)26-23(13-12-19-8-4-3-5-9-19)25-22-11-7-6-10-21(22)24(26)27/h3-16H,1-2H3. The third-order valence-electron chi connectivity index (χ3n) is 4.49. The normalized spacial score (nSPS) is 11.3. The van der Waals surface area contributed by atoms with Crippen LogP contribution in [-0.4, -0.2) is 9.55 Å². The van der Waals surface area contributed by atoms with E-state index in [0.29, 0.717) is 16.7 Å². The van der Waals surface area contributed by atoms with Crippen molar-refractivity contribution in [3.8, 4) is 5.69 Å². The highest BCUT2D eigenvalue weighted by atomic mass is 16.1. The van der Waals surface area contributed by atoms with Crippen LogP contribution in [0.3, 0.4) is 0 Å². The van der Waals surface area contributed by atoms with Crippen molar-refractivity contribution in [2.75, 3.05) is 0 Å². The molecule has 132 valence electrons. The molecule has 3 nitrogen and oxygen atoms in total. The van der Waals surface area contributed by atoms with Crippen molar-refractivity contribution in [1.29, 1.82) is 0 Å². The second-order valence-electron chi connectivity index (χ2n) is 6.72. The van der Waals surface area contributed by atoms with Crippen LogP contribution in [0.1, 0.15) is 22.5 Å². The van der Waals surface area contributed by atoms with Gasteiger partial charge in [-0.15, -0.1) is 0 Å². The first-order valence-electron chi connectivity index (χ1n) is 8.95. The van der Waals surface area contributed by atoms with Gasteiger partial charge in [0.05, 0.1) is 16.6 Å². The van der Waals surface area contributed by atoms with Crippen LogP contribution in [0.15, 0.2) is 77.6 Å². The number of hydrogen-bond acceptors (Lipinski definition) is 2. The number of benzene rings is 3. The number of rotatable bonds is 3. The van der Waals surface area contributed by atoms with E-state index >= 15 is 0 Å². The smallest absolute Gasteiger partial charge is 0.266 e. The van der Waals surface area contributed by atoms with Gasteiger partial charge in [-0.25, -0.2) is 4.98 Å². The lowest BCUT2D eigenvalue weighted by atomic mass is 10.1. The molecule has 1 heterocycles. The first-order chi connectivity index (χ1) is 13.1. The maximum Gasteiger partial charge on any atom is 0.266 e. The van der Waals surface area contributed by atoms with Crippen LogP contribution < -0.4 is 5.56 Å². The van der Waals surface area contributed by atoms with Gasteiger partial charge in [0, 0.05) is 0 Å². The lowest BCUT2D eigenvalue weighted by Gasteiger charge is -2.13. The van der Waals surface area contributed by atoms with Gasteiger partial charge in [0.2, 0.25) is 0 Å². The second-order valence-corrected chi connectivity index (χ2v) is 6.72. The Bertz CT molecular complexity index is 1180. The molecule has 0 unspecified atom stereocenters. The average Bonchev–Trinajstić information content (AvgIpc) is 2.66. The molecule has 0 fully saturated rings. The van der Waals surface area contributed by atoms with Gasteiger partial charge in [-0.3, -0.25) is 9.36 Å². The molecule has 0 aliphatic rings. The molecule has 0 N–H and O–H groups in total. The molecule has 0 radical (unpaired) electrons. The van der Waals surface area contributed by atoms with Crippen LogP contribution in [0.25, 0.3) is 28.7 Å². The van der Waals surface area contributed by atoms with E-state index in [4.69, 9.17) is 4.98 Å². The summed E-state index contributed by atoms with van der Waals surface area (Å²) >= 11 is 0. The van der Waals surface area contributed by atoms with E-state index in [2.05, 4.69) is 6.07 Å². The van der Waals surface area contributed by atoms with E-state index in [1.807, 2.05) is 92.7 Å². The summed E-state index contributed by atoms with van der Waals surface area (Å²) in [5.41, 5.74) is 4.77. The van der Waals surface area contributed by atoms with E-state index < -0.39 is 0 Å². The maximum atomic E-state index is 13.3. The zero-order valence-electron chi connectivity index (χ0n) is 15.4. The molecule has 0 spiro atoms. The Morgan fingerprint density at radius 2 is 1.48 bits per heavy atom. The van der Waals surface area contributed by atoms with Gasteiger partial charge in [-0.05, 0) is 60.9 Å². The summed E-state index contributed by atoms with van der Waals surface area (Å²) in [6.07, 6.45) is 3.89. The molecule has 3 heteroatoms. The molecule has 0 saturated carbocycles. The second kappa shape index (κ2) is 7.04. The Morgan fingerprint density at radius 3 is 2.22 bits per heavy atom. The van der Waals surface area contributed by atoms with Gasteiger partial charge in [0.1, 0.15) is 5.82 Å². The van der Waals surface area contributed by atoms with Gasteiger partial charge in [0.25, 0.3) is 5.56 Å². The number of nitrogens with zero attached hydrogens (tertiary/aromatic N) is 2. The lowest BCUT2D eigenvalue weighted by Crippen LogP contribution is -2.22. The molecular weight excluding hydrogens is 332 g/mol. The predicted octanol–water partition coefficient (Wildman–Crippen LogP) is 5.17. The van der Waals surface area contributed by atoms with Gasteiger partial charge in [-0.2, -0.15) is 0 Å². The topological polar surface area (TPSA) is 34.9 Å². The summed E-state index contributed by atoms with van der Waals surface area (Å²) in [4.78, 5) is 18.0. The number of fused-ring (bicyclic) bond motifs is 1. The van der Waals surface area contributed by atoms with Crippen molar-refractivity contribution in [1.82, 2.24) is 9.55 Å². The minimum Gasteiger partial charge on any atom is -0.268 e. The first-order valence-corrected chi connectivity index (χ1v) is 8.95. The maximum absolute atomic E-state index is 13.3. The number of hydrogen-bond donors (Lipinski definition) is 0. The average molecular weight is 352 g/mol. The number of aromatic nitrogens is 2. The fourth-order valence-electron chi connectivity index (χ4n) is 3.33. The molecule has 4 rings (SSSR count). The Kier molecular flexibility index (Phi) is 4.43. The predicted molar refractivity (Wildman–Crippen MR) is 112 cm³/mol. The van der Waals surface area contributed by atoms with Crippen molar-refractivity contribution in [2.24, 2.45) is 0 Å². The van der Waals surface area contributed by atoms with Gasteiger partial charge in [-0.1, -0.05) is 54.6 Å². The Labute approximate surface area is 158 Å². The Morgan fingerprint density at radius 1 is 0.815 bits per heavy atom. The van der Waals surface area contributed by atoms with E-state index in [-0.39, 0.29) is 5.56 Å². The van der Waals surface area contributed by atoms with Crippen LogP contribution in [-0.2, 0) is 0 Å². The molecule has 1 aromatic heterocycles. The molecule has 0 bridgehead atoms. The number of aryl methyl sites for hydroxylation is 2. The summed E-state index contributed by atoms with van der Waals surface area (Å²) in [5.74, 6) is 0.618. The third-order valence-corrected chi connectivity index (χ3v) is 4.49. The van der Waals surface area contributed by atoms with E-state index in [1.165, 1.54) is 0 Å². The molecule has 0 aliphatic heterocycles. The lowest BCUT2D eigenvalue weighted by molar-refractivity contribution is 0.940. The highest BCUT2D eigenvalue weighted by molar-refractivity contribution is 5.80. The molecule has 4 aromatic rings. The van der Waals surface area contributed by atoms with Crippen LogP contribution in [0.2, 0.25) is 0 Å². The van der Waals surface area contributed by atoms with Crippen molar-refractivity contribution in [2.45, 2.75) is 13.8 Å². The molecule has 27 heavy (non-hydrogen) atoms. The largest absolute Gasteiger partial charge is 0.268 e. The monoisotopic (exact) mass is 352 g/mol. The van der Waals surface area contributed by atoms with Crippen molar-refractivity contribution >= 4 is 23.1 Å². The fourth-order valence-corrected chi connectivity index (χ4v) is 3.33. The quantitative estimate of drug-likeness (QED) is 0.510. The summed E-state index contributed by atoms with van der Waals surface area (Å²) in [6.45, 7) is 4.07. The highest BCUT2D eigenvalue weighted by Crippen LogP contribution is 2.18. The van der Waals surface area contributed by atoms with Crippen molar-refractivity contribution in [3.05, 3.63) is 106 Å². The Hall–Kier alpha value is -3.46. The van der Waals surface area contributed by atoms with Crippen LogP contribution in [0.4, 0.5) is 0 Å². The van der Waals surface area contributed by atoms with Crippen molar-refractivity contribution < 1.29 is 0 Å². The summed E-state index contributed by atoms with van der Waals surface area (Å²) < 4.78 is 1.70. The summed E-state index contributed by atoms with van der Waals surface area (Å²) in [7, 11) is 0. The minimum absolute atomic E-state index is 0.0571. The minimum atomic E-state index is -0.0571. The Balaban J connectivity index is 1.98. The highest BCUT2D eigenvalue weighted by Gasteiger charge is 2.11. The molecule has 0 aliphatic carbocycles. The zero-order chi connectivity index (χ0) is 18.8. The SMILES string of the molecule is Cc1cc(C)cc(-n2c(C=Cc3ccccc3)nc3ccccc3c2=O)c1. The van der Waals surface area contributed by atoms with E-state index in [1.54, 1.807) is 4.57 Å². The van der Waals surface area contributed by atoms with Crippen LogP contribution in [0, 0.1) is 13.8 Å². The first kappa shape index (κ1) is 17.0. The summed E-state index contributed by atoms with van der Waals surface area (Å²) in [5, 5.41) is 0.619. The van der Waals surface area contributed by atoms with E-state index in [0.717, 1.165) is 22.4 Å². The molecule has 0 atom stereocenters. The zero-order valence-corrected chi connectivity index (χ0v) is 15.4. The molecule has 3 aromatic carbocycles. The molecular formula is C24H20N2O. The van der Waals surface area contributed by atoms with Gasteiger partial charge in [0.15, 0.2) is 0 Å². The molecule has 0 saturated heterocycles. The van der Waals surface area contributed by atoms with E-state index in [9.17, 15) is 4.79 Å². The molecule has 0 amide bonds. The van der Waals surface area contributed by atoms with Crippen LogP contribution >= 0.6 is 0 Å². The number of para-hydroxylation sites is 1. The van der Waals surface area contributed by atoms with Gasteiger partial charge >= 0.3 is 0 Å².